The molecule has 12 heteroatoms. The summed E-state index contributed by atoms with van der Waals surface area (Å²) in [6.45, 7) is 0.952. The van der Waals surface area contributed by atoms with Crippen molar-refractivity contribution < 1.29 is 31.2 Å². The van der Waals surface area contributed by atoms with Gasteiger partial charge in [0.05, 0.1) is 39.8 Å². The van der Waals surface area contributed by atoms with Crippen molar-refractivity contribution in [2.24, 2.45) is 0 Å². The van der Waals surface area contributed by atoms with E-state index in [0.29, 0.717) is 10.4 Å². The van der Waals surface area contributed by atoms with Gasteiger partial charge >= 0.3 is 6.18 Å². The second kappa shape index (κ2) is 11.2. The van der Waals surface area contributed by atoms with Crippen LogP contribution in [0.15, 0.2) is 72.8 Å². The van der Waals surface area contributed by atoms with Crippen LogP contribution in [0, 0.1) is 0 Å². The highest BCUT2D eigenvalue weighted by Crippen LogP contribution is 2.37. The number of carbonyl (C=O) groups is 2. The van der Waals surface area contributed by atoms with Crippen LogP contribution in [0.2, 0.25) is 5.02 Å². The third-order valence-electron chi connectivity index (χ3n) is 5.32. The number of para-hydroxylation sites is 1. The Morgan fingerprint density at radius 3 is 2.24 bits per heavy atom. The van der Waals surface area contributed by atoms with Gasteiger partial charge < -0.3 is 10.6 Å². The van der Waals surface area contributed by atoms with Crippen molar-refractivity contribution in [1.29, 1.82) is 0 Å². The summed E-state index contributed by atoms with van der Waals surface area (Å²) < 4.78 is 65.1. The molecule has 1 atom stereocenters. The normalized spacial score (nSPS) is 12.5. The van der Waals surface area contributed by atoms with Crippen molar-refractivity contribution in [3.8, 4) is 0 Å². The number of amides is 2. The molecule has 0 unspecified atom stereocenters. The first-order chi connectivity index (χ1) is 17.3. The Kier molecular flexibility index (Phi) is 8.49. The first-order valence-electron chi connectivity index (χ1n) is 10.9. The van der Waals surface area contributed by atoms with Crippen molar-refractivity contribution in [1.82, 2.24) is 5.32 Å². The fraction of sp³-hybridized carbons (Fsp3) is 0.200. The van der Waals surface area contributed by atoms with Gasteiger partial charge in [-0.25, -0.2) is 8.42 Å². The summed E-state index contributed by atoms with van der Waals surface area (Å²) in [6, 6.07) is 17.5. The second-order valence-electron chi connectivity index (χ2n) is 8.13. The standard InChI is InChI=1S/C25H23ClF3N3O4S/c1-16(17-8-4-3-5-9-17)30-24(34)19-10-6-7-11-22(19)31-23(33)15-32(37(2,35)36)18-12-13-21(26)20(14-18)25(27,28)29/h3-14,16H,15H2,1-2H3,(H,30,34)(H,31,33)/t16-/m0/s1. The Balaban J connectivity index is 1.82. The molecule has 0 heterocycles. The molecular weight excluding hydrogens is 531 g/mol. The maximum atomic E-state index is 13.3. The van der Waals surface area contributed by atoms with E-state index in [1.807, 2.05) is 30.3 Å². The van der Waals surface area contributed by atoms with Gasteiger partial charge in [-0.15, -0.1) is 0 Å². The zero-order valence-electron chi connectivity index (χ0n) is 19.7. The monoisotopic (exact) mass is 553 g/mol. The quantitative estimate of drug-likeness (QED) is 0.398. The van der Waals surface area contributed by atoms with E-state index in [-0.39, 0.29) is 17.3 Å². The Labute approximate surface area is 217 Å². The number of rotatable bonds is 8. The van der Waals surface area contributed by atoms with Crippen molar-refractivity contribution in [3.05, 3.63) is 94.5 Å². The lowest BCUT2D eigenvalue weighted by atomic mass is 10.1. The maximum absolute atomic E-state index is 13.3. The van der Waals surface area contributed by atoms with Crippen molar-refractivity contribution in [3.63, 3.8) is 0 Å². The molecule has 7 nitrogen and oxygen atoms in total. The lowest BCUT2D eigenvalue weighted by Crippen LogP contribution is -2.38. The van der Waals surface area contributed by atoms with E-state index >= 15 is 0 Å². The summed E-state index contributed by atoms with van der Waals surface area (Å²) in [5, 5.41) is 4.69. The molecule has 0 radical (unpaired) electrons. The van der Waals surface area contributed by atoms with E-state index in [1.54, 1.807) is 19.1 Å². The van der Waals surface area contributed by atoms with Crippen molar-refractivity contribution in [2.75, 3.05) is 22.4 Å². The molecule has 0 aromatic heterocycles. The molecule has 3 aromatic rings. The number of nitrogens with zero attached hydrogens (tertiary/aromatic N) is 1. The summed E-state index contributed by atoms with van der Waals surface area (Å²) in [7, 11) is -4.17. The number of benzene rings is 3. The number of carbonyl (C=O) groups excluding carboxylic acids is 2. The molecule has 0 saturated heterocycles. The summed E-state index contributed by atoms with van der Waals surface area (Å²) in [4.78, 5) is 25.7. The minimum atomic E-state index is -4.83. The summed E-state index contributed by atoms with van der Waals surface area (Å²) in [6.07, 6.45) is -4.07. The number of hydrogen-bond acceptors (Lipinski definition) is 4. The fourth-order valence-electron chi connectivity index (χ4n) is 3.50. The van der Waals surface area contributed by atoms with Gasteiger partial charge in [-0.3, -0.25) is 13.9 Å². The van der Waals surface area contributed by atoms with Gasteiger partial charge in [0, 0.05) is 0 Å². The molecule has 0 saturated carbocycles. The first kappa shape index (κ1) is 28.0. The van der Waals surface area contributed by atoms with Gasteiger partial charge in [-0.2, -0.15) is 13.2 Å². The molecule has 2 N–H and O–H groups in total. The summed E-state index contributed by atoms with van der Waals surface area (Å²) in [5.74, 6) is -1.36. The molecule has 0 fully saturated rings. The van der Waals surface area contributed by atoms with E-state index in [4.69, 9.17) is 11.6 Å². The third-order valence-corrected chi connectivity index (χ3v) is 6.79. The third kappa shape index (κ3) is 7.23. The SMILES string of the molecule is C[C@H](NC(=O)c1ccccc1NC(=O)CN(c1ccc(Cl)c(C(F)(F)F)c1)S(C)(=O)=O)c1ccccc1. The van der Waals surface area contributed by atoms with Gasteiger partial charge in [0.2, 0.25) is 15.9 Å². The topological polar surface area (TPSA) is 95.6 Å². The van der Waals surface area contributed by atoms with Gasteiger partial charge in [-0.1, -0.05) is 54.1 Å². The predicted octanol–water partition coefficient (Wildman–Crippen LogP) is 5.25. The van der Waals surface area contributed by atoms with Gasteiger partial charge in [0.15, 0.2) is 0 Å². The van der Waals surface area contributed by atoms with E-state index in [2.05, 4.69) is 10.6 Å². The van der Waals surface area contributed by atoms with Crippen LogP contribution < -0.4 is 14.9 Å². The van der Waals surface area contributed by atoms with Crippen LogP contribution in [-0.4, -0.2) is 33.0 Å². The Morgan fingerprint density at radius 2 is 1.62 bits per heavy atom. The maximum Gasteiger partial charge on any atom is 0.417 e. The molecule has 0 aliphatic heterocycles. The Bertz CT molecular complexity index is 1400. The van der Waals surface area contributed by atoms with Crippen LogP contribution >= 0.6 is 11.6 Å². The van der Waals surface area contributed by atoms with Crippen molar-refractivity contribution >= 4 is 44.8 Å². The van der Waals surface area contributed by atoms with Crippen LogP contribution in [0.1, 0.15) is 34.5 Å². The van der Waals surface area contributed by atoms with E-state index in [0.717, 1.165) is 24.0 Å². The van der Waals surface area contributed by atoms with Crippen molar-refractivity contribution in [2.45, 2.75) is 19.1 Å². The molecule has 0 aliphatic rings. The summed E-state index contributed by atoms with van der Waals surface area (Å²) >= 11 is 5.63. The van der Waals surface area contributed by atoms with E-state index in [9.17, 15) is 31.2 Å². The average molecular weight is 554 g/mol. The zero-order chi connectivity index (χ0) is 27.4. The molecule has 0 spiro atoms. The smallest absolute Gasteiger partial charge is 0.345 e. The number of anilines is 2. The molecule has 0 aliphatic carbocycles. The highest BCUT2D eigenvalue weighted by atomic mass is 35.5. The lowest BCUT2D eigenvalue weighted by Gasteiger charge is -2.23. The number of hydrogen-bond donors (Lipinski definition) is 2. The van der Waals surface area contributed by atoms with Gasteiger partial charge in [-0.05, 0) is 42.8 Å². The number of nitrogens with one attached hydrogen (secondary N) is 2. The van der Waals surface area contributed by atoms with Gasteiger partial charge in [0.1, 0.15) is 6.54 Å². The summed E-state index contributed by atoms with van der Waals surface area (Å²) in [5.41, 5.74) is -0.545. The highest BCUT2D eigenvalue weighted by Gasteiger charge is 2.34. The molecule has 196 valence electrons. The minimum Gasteiger partial charge on any atom is -0.345 e. The lowest BCUT2D eigenvalue weighted by molar-refractivity contribution is -0.137. The zero-order valence-corrected chi connectivity index (χ0v) is 21.3. The molecule has 2 amide bonds. The predicted molar refractivity (Wildman–Crippen MR) is 136 cm³/mol. The number of halogens is 4. The Morgan fingerprint density at radius 1 is 1.00 bits per heavy atom. The largest absolute Gasteiger partial charge is 0.417 e. The van der Waals surface area contributed by atoms with Crippen LogP contribution in [0.5, 0.6) is 0 Å². The highest BCUT2D eigenvalue weighted by molar-refractivity contribution is 7.92. The molecule has 37 heavy (non-hydrogen) atoms. The Hall–Kier alpha value is -3.57. The van der Waals surface area contributed by atoms with Crippen LogP contribution in [0.4, 0.5) is 24.5 Å². The number of alkyl halides is 3. The van der Waals surface area contributed by atoms with Gasteiger partial charge in [0.25, 0.3) is 5.91 Å². The van der Waals surface area contributed by atoms with Crippen LogP contribution in [-0.2, 0) is 21.0 Å². The molecule has 0 bridgehead atoms. The van der Waals surface area contributed by atoms with Crippen LogP contribution in [0.3, 0.4) is 0 Å². The van der Waals surface area contributed by atoms with Crippen LogP contribution in [0.25, 0.3) is 0 Å². The van der Waals surface area contributed by atoms with E-state index in [1.165, 1.54) is 12.1 Å². The first-order valence-corrected chi connectivity index (χ1v) is 13.1. The molecule has 3 aromatic carbocycles. The van der Waals surface area contributed by atoms with E-state index < -0.39 is 50.8 Å². The number of sulfonamides is 1. The molecule has 3 rings (SSSR count). The fourth-order valence-corrected chi connectivity index (χ4v) is 4.57. The molecular formula is C25H23ClF3N3O4S. The minimum absolute atomic E-state index is 0.103. The average Bonchev–Trinajstić information content (AvgIpc) is 2.82. The second-order valence-corrected chi connectivity index (χ2v) is 10.4.